The second-order valence-electron chi connectivity index (χ2n) is 6.38. The third-order valence-corrected chi connectivity index (χ3v) is 5.60. The summed E-state index contributed by atoms with van der Waals surface area (Å²) in [5, 5.41) is 3.66. The third-order valence-electron chi connectivity index (χ3n) is 4.91. The zero-order valence-corrected chi connectivity index (χ0v) is 14.8. The summed E-state index contributed by atoms with van der Waals surface area (Å²) in [7, 11) is 0. The van der Waals surface area contributed by atoms with Gasteiger partial charge in [-0.2, -0.15) is 0 Å². The molecule has 0 bridgehead atoms. The van der Waals surface area contributed by atoms with Crippen molar-refractivity contribution in [2.45, 2.75) is 45.7 Å². The molecule has 22 heavy (non-hydrogen) atoms. The summed E-state index contributed by atoms with van der Waals surface area (Å²) in [5.74, 6) is 2.21. The van der Waals surface area contributed by atoms with Crippen LogP contribution in [0.2, 0.25) is 0 Å². The number of benzene rings is 1. The van der Waals surface area contributed by atoms with Gasteiger partial charge in [-0.25, -0.2) is 4.98 Å². The number of hydrogen-bond donors (Lipinski definition) is 1. The quantitative estimate of drug-likeness (QED) is 0.829. The molecule has 3 nitrogen and oxygen atoms in total. The molecule has 4 heteroatoms. The molecule has 118 valence electrons. The first-order valence-electron chi connectivity index (χ1n) is 8.08. The molecule has 1 aliphatic carbocycles. The summed E-state index contributed by atoms with van der Waals surface area (Å²) in [5.41, 5.74) is 1.96. The van der Waals surface area contributed by atoms with Crippen molar-refractivity contribution in [3.63, 3.8) is 0 Å². The Morgan fingerprint density at radius 1 is 1.27 bits per heavy atom. The minimum Gasteiger partial charge on any atom is -0.444 e. The molecular formula is C18H23BrN2O. The van der Waals surface area contributed by atoms with Crippen LogP contribution in [0.1, 0.15) is 38.8 Å². The Hall–Kier alpha value is -1.13. The molecule has 1 aromatic heterocycles. The lowest BCUT2D eigenvalue weighted by Crippen LogP contribution is -2.40. The molecule has 3 atom stereocenters. The molecule has 1 fully saturated rings. The van der Waals surface area contributed by atoms with E-state index in [-0.39, 0.29) is 0 Å². The molecule has 0 radical (unpaired) electrons. The maximum absolute atomic E-state index is 5.64. The second kappa shape index (κ2) is 6.97. The van der Waals surface area contributed by atoms with Gasteiger partial charge in [0.25, 0.3) is 0 Å². The predicted molar refractivity (Wildman–Crippen MR) is 92.4 cm³/mol. The van der Waals surface area contributed by atoms with Crippen LogP contribution < -0.4 is 5.32 Å². The van der Waals surface area contributed by atoms with E-state index in [1.54, 1.807) is 6.26 Å². The van der Waals surface area contributed by atoms with Gasteiger partial charge < -0.3 is 9.73 Å². The zero-order chi connectivity index (χ0) is 15.5. The van der Waals surface area contributed by atoms with E-state index < -0.39 is 0 Å². The van der Waals surface area contributed by atoms with Gasteiger partial charge in [-0.15, -0.1) is 0 Å². The fourth-order valence-corrected chi connectivity index (χ4v) is 3.71. The standard InChI is InChI=1S/C18H23BrN2O/c1-12-6-5-9-17(13(12)2)20-10-14-11-22-18(21-14)15-7-3-4-8-16(15)19/h3-4,7-8,11-13,17,20H,5-6,9-10H2,1-2H3. The van der Waals surface area contributed by atoms with E-state index >= 15 is 0 Å². The van der Waals surface area contributed by atoms with Crippen molar-refractivity contribution in [3.8, 4) is 11.5 Å². The van der Waals surface area contributed by atoms with Gasteiger partial charge >= 0.3 is 0 Å². The fraction of sp³-hybridized carbons (Fsp3) is 0.500. The van der Waals surface area contributed by atoms with E-state index in [0.717, 1.165) is 34.1 Å². The van der Waals surface area contributed by atoms with Gasteiger partial charge in [-0.1, -0.05) is 38.8 Å². The van der Waals surface area contributed by atoms with E-state index in [0.29, 0.717) is 11.9 Å². The van der Waals surface area contributed by atoms with Gasteiger partial charge in [0.15, 0.2) is 0 Å². The maximum atomic E-state index is 5.64. The van der Waals surface area contributed by atoms with Crippen LogP contribution in [0.5, 0.6) is 0 Å². The van der Waals surface area contributed by atoms with E-state index in [4.69, 9.17) is 4.42 Å². The van der Waals surface area contributed by atoms with Crippen LogP contribution in [0.4, 0.5) is 0 Å². The Morgan fingerprint density at radius 3 is 2.91 bits per heavy atom. The fourth-order valence-electron chi connectivity index (χ4n) is 3.25. The highest BCUT2D eigenvalue weighted by molar-refractivity contribution is 9.10. The minimum atomic E-state index is 0.590. The average molecular weight is 363 g/mol. The van der Waals surface area contributed by atoms with Crippen molar-refractivity contribution in [1.29, 1.82) is 0 Å². The summed E-state index contributed by atoms with van der Waals surface area (Å²) in [4.78, 5) is 4.61. The second-order valence-corrected chi connectivity index (χ2v) is 7.23. The van der Waals surface area contributed by atoms with Gasteiger partial charge in [-0.3, -0.25) is 0 Å². The number of nitrogens with zero attached hydrogens (tertiary/aromatic N) is 1. The average Bonchev–Trinajstić information content (AvgIpc) is 2.98. The van der Waals surface area contributed by atoms with Gasteiger partial charge in [-0.05, 0) is 46.3 Å². The van der Waals surface area contributed by atoms with E-state index in [9.17, 15) is 0 Å². The molecule has 0 amide bonds. The Bertz CT molecular complexity index is 625. The van der Waals surface area contributed by atoms with E-state index in [2.05, 4.69) is 40.1 Å². The van der Waals surface area contributed by atoms with Crippen LogP contribution in [-0.4, -0.2) is 11.0 Å². The SMILES string of the molecule is CC1CCCC(NCc2coc(-c3ccccc3Br)n2)C1C. The number of nitrogens with one attached hydrogen (secondary N) is 1. The molecule has 0 spiro atoms. The molecule has 3 rings (SSSR count). The normalized spacial score (nSPS) is 25.3. The van der Waals surface area contributed by atoms with Crippen molar-refractivity contribution in [2.75, 3.05) is 0 Å². The monoisotopic (exact) mass is 362 g/mol. The van der Waals surface area contributed by atoms with Crippen LogP contribution >= 0.6 is 15.9 Å². The first-order chi connectivity index (χ1) is 10.6. The first-order valence-corrected chi connectivity index (χ1v) is 8.87. The zero-order valence-electron chi connectivity index (χ0n) is 13.2. The van der Waals surface area contributed by atoms with Crippen LogP contribution in [0.15, 0.2) is 39.4 Å². The van der Waals surface area contributed by atoms with Gasteiger partial charge in [0, 0.05) is 17.1 Å². The van der Waals surface area contributed by atoms with Crippen LogP contribution in [-0.2, 0) is 6.54 Å². The van der Waals surface area contributed by atoms with Gasteiger partial charge in [0.05, 0.1) is 11.3 Å². The molecule has 1 aliphatic rings. The van der Waals surface area contributed by atoms with Gasteiger partial charge in [0.2, 0.25) is 5.89 Å². The highest BCUT2D eigenvalue weighted by atomic mass is 79.9. The summed E-state index contributed by atoms with van der Waals surface area (Å²) in [6.07, 6.45) is 5.71. The molecule has 1 heterocycles. The minimum absolute atomic E-state index is 0.590. The van der Waals surface area contributed by atoms with Crippen molar-refractivity contribution in [1.82, 2.24) is 10.3 Å². The number of oxazole rings is 1. The summed E-state index contributed by atoms with van der Waals surface area (Å²) < 4.78 is 6.64. The molecule has 1 N–H and O–H groups in total. The highest BCUT2D eigenvalue weighted by Crippen LogP contribution is 2.30. The van der Waals surface area contributed by atoms with Crippen molar-refractivity contribution < 1.29 is 4.42 Å². The topological polar surface area (TPSA) is 38.1 Å². The Labute approximate surface area is 140 Å². The Balaban J connectivity index is 1.64. The lowest BCUT2D eigenvalue weighted by atomic mass is 9.78. The van der Waals surface area contributed by atoms with Crippen molar-refractivity contribution in [2.24, 2.45) is 11.8 Å². The van der Waals surface area contributed by atoms with Crippen LogP contribution in [0, 0.1) is 11.8 Å². The molecule has 1 aromatic carbocycles. The number of aromatic nitrogens is 1. The number of hydrogen-bond acceptors (Lipinski definition) is 3. The van der Waals surface area contributed by atoms with Gasteiger partial charge in [0.1, 0.15) is 6.26 Å². The molecule has 0 aliphatic heterocycles. The molecule has 3 unspecified atom stereocenters. The lowest BCUT2D eigenvalue weighted by molar-refractivity contribution is 0.205. The largest absolute Gasteiger partial charge is 0.444 e. The Morgan fingerprint density at radius 2 is 2.09 bits per heavy atom. The molecule has 2 aromatic rings. The summed E-state index contributed by atoms with van der Waals surface area (Å²) in [6.45, 7) is 5.49. The van der Waals surface area contributed by atoms with E-state index in [1.165, 1.54) is 19.3 Å². The maximum Gasteiger partial charge on any atom is 0.227 e. The summed E-state index contributed by atoms with van der Waals surface area (Å²) >= 11 is 3.54. The molecule has 0 saturated heterocycles. The van der Waals surface area contributed by atoms with Crippen LogP contribution in [0.25, 0.3) is 11.5 Å². The molecule has 1 saturated carbocycles. The number of rotatable bonds is 4. The summed E-state index contributed by atoms with van der Waals surface area (Å²) in [6, 6.07) is 8.59. The van der Waals surface area contributed by atoms with Crippen molar-refractivity contribution >= 4 is 15.9 Å². The predicted octanol–water partition coefficient (Wildman–Crippen LogP) is 5.02. The third kappa shape index (κ3) is 3.44. The van der Waals surface area contributed by atoms with Crippen LogP contribution in [0.3, 0.4) is 0 Å². The van der Waals surface area contributed by atoms with Crippen molar-refractivity contribution in [3.05, 3.63) is 40.7 Å². The smallest absolute Gasteiger partial charge is 0.227 e. The highest BCUT2D eigenvalue weighted by Gasteiger charge is 2.26. The Kier molecular flexibility index (Phi) is 4.99. The molecular weight excluding hydrogens is 340 g/mol. The first kappa shape index (κ1) is 15.8. The van der Waals surface area contributed by atoms with E-state index in [1.807, 2.05) is 24.3 Å². The number of halogens is 1. The lowest BCUT2D eigenvalue weighted by Gasteiger charge is -2.34.